The smallest absolute Gasteiger partial charge is 0.353 e. The van der Waals surface area contributed by atoms with Crippen LogP contribution in [0.1, 0.15) is 5.56 Å². The average molecular weight is 373 g/mol. The van der Waals surface area contributed by atoms with Crippen LogP contribution >= 0.6 is 0 Å². The zero-order valence-corrected chi connectivity index (χ0v) is 15.1. The highest BCUT2D eigenvalue weighted by molar-refractivity contribution is 5.74. The molecule has 1 aliphatic heterocycles. The molecule has 10 nitrogen and oxygen atoms in total. The lowest BCUT2D eigenvalue weighted by atomic mass is 10.2. The van der Waals surface area contributed by atoms with Crippen molar-refractivity contribution in [3.8, 4) is 0 Å². The minimum absolute atomic E-state index is 0.0620. The predicted molar refractivity (Wildman–Crippen MR) is 103 cm³/mol. The third-order valence-electron chi connectivity index (χ3n) is 4.19. The monoisotopic (exact) mass is 373 g/mol. The number of hydrogen-bond donors (Lipinski definition) is 3. The van der Waals surface area contributed by atoms with Crippen molar-refractivity contribution in [1.29, 1.82) is 0 Å². The van der Waals surface area contributed by atoms with Crippen LogP contribution < -0.4 is 16.4 Å². The summed E-state index contributed by atoms with van der Waals surface area (Å²) in [5.41, 5.74) is 7.20. The van der Waals surface area contributed by atoms with Crippen LogP contribution in [-0.2, 0) is 4.74 Å². The Hall–Kier alpha value is -2.98. The lowest BCUT2D eigenvalue weighted by Gasteiger charge is -2.26. The van der Waals surface area contributed by atoms with Crippen LogP contribution in [0, 0.1) is 17.0 Å². The first-order valence-corrected chi connectivity index (χ1v) is 8.72. The van der Waals surface area contributed by atoms with Gasteiger partial charge in [0.15, 0.2) is 0 Å². The summed E-state index contributed by atoms with van der Waals surface area (Å²) in [5.74, 6) is 0.132. The van der Waals surface area contributed by atoms with E-state index in [4.69, 9.17) is 10.5 Å². The number of anilines is 4. The van der Waals surface area contributed by atoms with Gasteiger partial charge in [0.2, 0.25) is 17.6 Å². The molecule has 0 atom stereocenters. The molecule has 0 spiro atoms. The number of morpholine rings is 1. The summed E-state index contributed by atoms with van der Waals surface area (Å²) in [5, 5.41) is 17.5. The minimum atomic E-state index is -0.578. The van der Waals surface area contributed by atoms with Crippen molar-refractivity contribution in [3.63, 3.8) is 0 Å². The fourth-order valence-corrected chi connectivity index (χ4v) is 2.83. The van der Waals surface area contributed by atoms with E-state index in [1.54, 1.807) is 6.07 Å². The van der Waals surface area contributed by atoms with Crippen molar-refractivity contribution in [2.75, 3.05) is 55.8 Å². The Kier molecular flexibility index (Phi) is 5.99. The van der Waals surface area contributed by atoms with Crippen LogP contribution in [0.4, 0.5) is 29.0 Å². The zero-order valence-electron chi connectivity index (χ0n) is 15.1. The molecule has 4 N–H and O–H groups in total. The number of benzene rings is 1. The molecule has 2 heterocycles. The van der Waals surface area contributed by atoms with E-state index in [1.807, 2.05) is 25.1 Å². The van der Waals surface area contributed by atoms with Crippen LogP contribution in [0.25, 0.3) is 0 Å². The molecule has 0 unspecified atom stereocenters. The molecule has 1 saturated heterocycles. The molecule has 1 aromatic carbocycles. The molecule has 0 saturated carbocycles. The number of nitrogens with zero attached hydrogens (tertiary/aromatic N) is 4. The molecule has 10 heteroatoms. The van der Waals surface area contributed by atoms with Crippen LogP contribution in [0.5, 0.6) is 0 Å². The number of ether oxygens (including phenoxy) is 1. The van der Waals surface area contributed by atoms with Crippen molar-refractivity contribution >= 4 is 29.0 Å². The van der Waals surface area contributed by atoms with Gasteiger partial charge in [-0.15, -0.1) is 0 Å². The van der Waals surface area contributed by atoms with Gasteiger partial charge in [0, 0.05) is 31.9 Å². The second-order valence-corrected chi connectivity index (χ2v) is 6.26. The van der Waals surface area contributed by atoms with E-state index < -0.39 is 4.92 Å². The van der Waals surface area contributed by atoms with Crippen molar-refractivity contribution in [2.45, 2.75) is 6.92 Å². The highest BCUT2D eigenvalue weighted by Crippen LogP contribution is 2.31. The molecular formula is C17H23N7O3. The van der Waals surface area contributed by atoms with Gasteiger partial charge in [0.1, 0.15) is 0 Å². The normalized spacial score (nSPS) is 14.7. The number of nitrogen functional groups attached to an aromatic ring is 1. The highest BCUT2D eigenvalue weighted by atomic mass is 16.6. The fourth-order valence-electron chi connectivity index (χ4n) is 2.83. The number of aryl methyl sites for hydroxylation is 1. The van der Waals surface area contributed by atoms with Gasteiger partial charge in [-0.05, 0) is 24.6 Å². The number of nitrogens with one attached hydrogen (secondary N) is 2. The summed E-state index contributed by atoms with van der Waals surface area (Å²) in [6.07, 6.45) is 0. The van der Waals surface area contributed by atoms with Gasteiger partial charge < -0.3 is 21.1 Å². The Labute approximate surface area is 156 Å². The van der Waals surface area contributed by atoms with Gasteiger partial charge in [-0.25, -0.2) is 0 Å². The van der Waals surface area contributed by atoms with E-state index in [2.05, 4.69) is 25.5 Å². The Morgan fingerprint density at radius 1 is 1.33 bits per heavy atom. The van der Waals surface area contributed by atoms with Crippen molar-refractivity contribution in [3.05, 3.63) is 39.9 Å². The number of aromatic nitrogens is 2. The molecule has 0 radical (unpaired) electrons. The Bertz CT molecular complexity index is 809. The van der Waals surface area contributed by atoms with Crippen LogP contribution in [0.3, 0.4) is 0 Å². The quantitative estimate of drug-likeness (QED) is 0.490. The lowest BCUT2D eigenvalue weighted by Crippen LogP contribution is -2.39. The second kappa shape index (κ2) is 8.60. The van der Waals surface area contributed by atoms with Crippen LogP contribution in [0.15, 0.2) is 24.3 Å². The molecule has 1 aromatic heterocycles. The van der Waals surface area contributed by atoms with Gasteiger partial charge in [0.25, 0.3) is 0 Å². The van der Waals surface area contributed by atoms with E-state index in [0.717, 1.165) is 38.4 Å². The van der Waals surface area contributed by atoms with Crippen molar-refractivity contribution in [1.82, 2.24) is 14.9 Å². The first-order valence-electron chi connectivity index (χ1n) is 8.72. The first-order chi connectivity index (χ1) is 13.0. The molecule has 27 heavy (non-hydrogen) atoms. The van der Waals surface area contributed by atoms with E-state index in [9.17, 15) is 10.1 Å². The number of rotatable bonds is 7. The van der Waals surface area contributed by atoms with Crippen LogP contribution in [-0.4, -0.2) is 59.2 Å². The van der Waals surface area contributed by atoms with E-state index in [-0.39, 0.29) is 23.3 Å². The molecule has 0 amide bonds. The predicted octanol–water partition coefficient (Wildman–Crippen LogP) is 1.76. The number of nitrogens with two attached hydrogens (primary N) is 1. The summed E-state index contributed by atoms with van der Waals surface area (Å²) < 4.78 is 5.32. The Morgan fingerprint density at radius 2 is 2.11 bits per heavy atom. The summed E-state index contributed by atoms with van der Waals surface area (Å²) >= 11 is 0. The zero-order chi connectivity index (χ0) is 19.2. The molecule has 3 rings (SSSR count). The maximum Gasteiger partial charge on any atom is 0.353 e. The van der Waals surface area contributed by atoms with Gasteiger partial charge in [-0.1, -0.05) is 12.1 Å². The second-order valence-electron chi connectivity index (χ2n) is 6.26. The summed E-state index contributed by atoms with van der Waals surface area (Å²) in [6, 6.07) is 7.47. The van der Waals surface area contributed by atoms with Gasteiger partial charge in [-0.3, -0.25) is 15.0 Å². The number of hydrogen-bond acceptors (Lipinski definition) is 9. The third kappa shape index (κ3) is 5.02. The molecule has 2 aromatic rings. The minimum Gasteiger partial charge on any atom is -0.379 e. The standard InChI is InChI=1S/C17H23N7O3/c1-12-3-2-4-13(11-12)20-16-14(24(25)26)15(18)21-17(22-16)19-5-6-23-7-9-27-10-8-23/h2-4,11H,5-10H2,1H3,(H4,18,19,20,21,22). The molecule has 0 bridgehead atoms. The first kappa shape index (κ1) is 18.8. The average Bonchev–Trinajstić information content (AvgIpc) is 2.62. The van der Waals surface area contributed by atoms with Crippen molar-refractivity contribution in [2.24, 2.45) is 0 Å². The Balaban J connectivity index is 1.75. The van der Waals surface area contributed by atoms with Crippen molar-refractivity contribution < 1.29 is 9.66 Å². The van der Waals surface area contributed by atoms with E-state index in [0.29, 0.717) is 12.2 Å². The largest absolute Gasteiger partial charge is 0.379 e. The summed E-state index contributed by atoms with van der Waals surface area (Å²) in [6.45, 7) is 6.55. The number of nitro groups is 1. The topological polar surface area (TPSA) is 131 Å². The molecule has 1 aliphatic rings. The van der Waals surface area contributed by atoms with E-state index in [1.165, 1.54) is 0 Å². The summed E-state index contributed by atoms with van der Waals surface area (Å²) in [4.78, 5) is 21.4. The van der Waals surface area contributed by atoms with Gasteiger partial charge in [-0.2, -0.15) is 9.97 Å². The highest BCUT2D eigenvalue weighted by Gasteiger charge is 2.23. The fraction of sp³-hybridized carbons (Fsp3) is 0.412. The SMILES string of the molecule is Cc1cccc(Nc2nc(NCCN3CCOCC3)nc(N)c2[N+](=O)[O-])c1. The maximum atomic E-state index is 11.4. The van der Waals surface area contributed by atoms with Gasteiger partial charge >= 0.3 is 5.69 Å². The molecule has 0 aliphatic carbocycles. The van der Waals surface area contributed by atoms with Crippen LogP contribution in [0.2, 0.25) is 0 Å². The molecular weight excluding hydrogens is 350 g/mol. The molecule has 144 valence electrons. The Morgan fingerprint density at radius 3 is 2.81 bits per heavy atom. The van der Waals surface area contributed by atoms with E-state index >= 15 is 0 Å². The summed E-state index contributed by atoms with van der Waals surface area (Å²) in [7, 11) is 0. The third-order valence-corrected chi connectivity index (χ3v) is 4.19. The lowest BCUT2D eigenvalue weighted by molar-refractivity contribution is -0.383. The maximum absolute atomic E-state index is 11.4. The van der Waals surface area contributed by atoms with Gasteiger partial charge in [0.05, 0.1) is 18.1 Å². The molecule has 1 fully saturated rings.